The van der Waals surface area contributed by atoms with Gasteiger partial charge in [-0.3, -0.25) is 15.0 Å². The number of fused-ring (bicyclic) bond motifs is 1. The van der Waals surface area contributed by atoms with Crippen molar-refractivity contribution in [3.05, 3.63) is 18.2 Å². The Bertz CT molecular complexity index is 830. The van der Waals surface area contributed by atoms with Crippen LogP contribution in [0.1, 0.15) is 33.6 Å². The molecule has 176 valence electrons. The summed E-state index contributed by atoms with van der Waals surface area (Å²) in [6.45, 7) is 8.55. The van der Waals surface area contributed by atoms with Crippen LogP contribution in [0.25, 0.3) is 0 Å². The second-order valence-corrected chi connectivity index (χ2v) is 8.96. The van der Waals surface area contributed by atoms with Gasteiger partial charge in [0.1, 0.15) is 18.8 Å². The smallest absolute Gasteiger partial charge is 0.407 e. The molecule has 32 heavy (non-hydrogen) atoms. The third-order valence-electron chi connectivity index (χ3n) is 5.06. The summed E-state index contributed by atoms with van der Waals surface area (Å²) < 4.78 is 16.2. The van der Waals surface area contributed by atoms with Crippen molar-refractivity contribution < 1.29 is 28.6 Å². The molecule has 0 aliphatic carbocycles. The predicted octanol–water partition coefficient (Wildman–Crippen LogP) is 2.34. The number of benzene rings is 1. The van der Waals surface area contributed by atoms with Crippen LogP contribution >= 0.6 is 0 Å². The maximum Gasteiger partial charge on any atom is 0.407 e. The van der Waals surface area contributed by atoms with Crippen LogP contribution in [0.4, 0.5) is 15.3 Å². The van der Waals surface area contributed by atoms with E-state index in [1.165, 1.54) is 0 Å². The average molecular weight is 449 g/mol. The molecule has 2 heterocycles. The van der Waals surface area contributed by atoms with Gasteiger partial charge in [-0.2, -0.15) is 0 Å². The van der Waals surface area contributed by atoms with E-state index in [0.717, 1.165) is 25.9 Å². The number of ether oxygens (including phenoxy) is 3. The Morgan fingerprint density at radius 3 is 2.47 bits per heavy atom. The Morgan fingerprint density at radius 1 is 1.09 bits per heavy atom. The lowest BCUT2D eigenvalue weighted by Crippen LogP contribution is -2.45. The van der Waals surface area contributed by atoms with Crippen molar-refractivity contribution >= 4 is 23.7 Å². The number of imide groups is 1. The Morgan fingerprint density at radius 2 is 1.78 bits per heavy atom. The van der Waals surface area contributed by atoms with E-state index in [0.29, 0.717) is 42.9 Å². The number of nitrogens with one attached hydrogen (secondary N) is 3. The first-order valence-electron chi connectivity index (χ1n) is 10.9. The molecular formula is C22H32N4O6. The number of nitrogens with zero attached hydrogens (tertiary/aromatic N) is 1. The van der Waals surface area contributed by atoms with Gasteiger partial charge >= 0.3 is 12.1 Å². The van der Waals surface area contributed by atoms with Crippen molar-refractivity contribution in [3.8, 4) is 11.5 Å². The quantitative estimate of drug-likeness (QED) is 0.633. The molecule has 0 atom stereocenters. The zero-order valence-corrected chi connectivity index (χ0v) is 18.9. The van der Waals surface area contributed by atoms with Gasteiger partial charge in [-0.1, -0.05) is 0 Å². The molecular weight excluding hydrogens is 416 g/mol. The molecule has 0 saturated carbocycles. The number of piperidine rings is 1. The average Bonchev–Trinajstić information content (AvgIpc) is 2.71. The normalized spacial score (nSPS) is 16.7. The van der Waals surface area contributed by atoms with Gasteiger partial charge in [-0.25, -0.2) is 9.59 Å². The first-order valence-corrected chi connectivity index (χ1v) is 10.9. The van der Waals surface area contributed by atoms with E-state index in [-0.39, 0.29) is 12.5 Å². The Hall–Kier alpha value is -3.01. The zero-order chi connectivity index (χ0) is 23.1. The fourth-order valence-electron chi connectivity index (χ4n) is 3.54. The van der Waals surface area contributed by atoms with Crippen LogP contribution in [0, 0.1) is 5.92 Å². The van der Waals surface area contributed by atoms with Gasteiger partial charge in [0.25, 0.3) is 0 Å². The second kappa shape index (κ2) is 10.5. The minimum Gasteiger partial charge on any atom is -0.486 e. The van der Waals surface area contributed by atoms with Gasteiger partial charge in [-0.05, 0) is 64.8 Å². The first-order chi connectivity index (χ1) is 15.2. The lowest BCUT2D eigenvalue weighted by Gasteiger charge is -2.31. The fourth-order valence-corrected chi connectivity index (χ4v) is 3.54. The molecule has 1 aromatic carbocycles. The summed E-state index contributed by atoms with van der Waals surface area (Å²) in [5, 5.41) is 7.79. The molecule has 1 aromatic rings. The van der Waals surface area contributed by atoms with Crippen LogP contribution in [-0.2, 0) is 9.53 Å². The minimum absolute atomic E-state index is 0.140. The highest BCUT2D eigenvalue weighted by atomic mass is 16.6. The van der Waals surface area contributed by atoms with Crippen molar-refractivity contribution in [3.63, 3.8) is 0 Å². The molecule has 0 spiro atoms. The molecule has 2 aliphatic rings. The van der Waals surface area contributed by atoms with E-state index in [9.17, 15) is 14.4 Å². The number of likely N-dealkylation sites (tertiary alicyclic amines) is 1. The summed E-state index contributed by atoms with van der Waals surface area (Å²) in [4.78, 5) is 38.2. The van der Waals surface area contributed by atoms with E-state index in [2.05, 4.69) is 16.0 Å². The summed E-state index contributed by atoms with van der Waals surface area (Å²) in [7, 11) is 0. The third-order valence-corrected chi connectivity index (χ3v) is 5.06. The number of carbonyl (C=O) groups is 3. The second-order valence-electron chi connectivity index (χ2n) is 8.96. The van der Waals surface area contributed by atoms with E-state index >= 15 is 0 Å². The highest BCUT2D eigenvalue weighted by Crippen LogP contribution is 2.32. The maximum atomic E-state index is 12.2. The first kappa shape index (κ1) is 23.6. The lowest BCUT2D eigenvalue weighted by molar-refractivity contribution is -0.121. The molecule has 4 amide bonds. The molecule has 2 aliphatic heterocycles. The van der Waals surface area contributed by atoms with Crippen molar-refractivity contribution in [2.45, 2.75) is 39.2 Å². The number of hydrogen-bond acceptors (Lipinski definition) is 7. The highest BCUT2D eigenvalue weighted by molar-refractivity contribution is 6.01. The van der Waals surface area contributed by atoms with Crippen LogP contribution in [0.2, 0.25) is 0 Å². The fraction of sp³-hybridized carbons (Fsp3) is 0.591. The summed E-state index contributed by atoms with van der Waals surface area (Å²) >= 11 is 0. The van der Waals surface area contributed by atoms with E-state index < -0.39 is 17.7 Å². The molecule has 0 aromatic heterocycles. The zero-order valence-electron chi connectivity index (χ0n) is 18.9. The van der Waals surface area contributed by atoms with Crippen LogP contribution < -0.4 is 25.4 Å². The topological polar surface area (TPSA) is 118 Å². The molecule has 0 bridgehead atoms. The molecule has 0 unspecified atom stereocenters. The lowest BCUT2D eigenvalue weighted by atomic mass is 9.97. The standard InChI is InChI=1S/C22H32N4O6/c1-22(2,3)32-21(29)23-13-15-6-8-26(9-7-15)14-19(27)25-20(28)24-16-4-5-17-18(12-16)31-11-10-30-17/h4-5,12,15H,6-11,13-14H2,1-3H3,(H,23,29)(H2,24,25,27,28). The number of amides is 4. The molecule has 10 nitrogen and oxygen atoms in total. The molecule has 10 heteroatoms. The van der Waals surface area contributed by atoms with Crippen molar-refractivity contribution in [2.24, 2.45) is 5.92 Å². The number of urea groups is 1. The molecule has 0 radical (unpaired) electrons. The Balaban J connectivity index is 1.34. The SMILES string of the molecule is CC(C)(C)OC(=O)NCC1CCN(CC(=O)NC(=O)Nc2ccc3c(c2)OCCO3)CC1. The molecule has 1 fully saturated rings. The predicted molar refractivity (Wildman–Crippen MR) is 118 cm³/mol. The third kappa shape index (κ3) is 7.60. The van der Waals surface area contributed by atoms with Crippen LogP contribution in [0.5, 0.6) is 11.5 Å². The molecule has 3 rings (SSSR count). The van der Waals surface area contributed by atoms with Crippen molar-refractivity contribution in [1.82, 2.24) is 15.5 Å². The highest BCUT2D eigenvalue weighted by Gasteiger charge is 2.23. The Labute approximate surface area is 187 Å². The molecule has 1 saturated heterocycles. The van der Waals surface area contributed by atoms with E-state index in [1.54, 1.807) is 18.2 Å². The Kier molecular flexibility index (Phi) is 7.79. The number of alkyl carbamates (subject to hydrolysis) is 1. The number of rotatable bonds is 5. The molecule has 3 N–H and O–H groups in total. The van der Waals surface area contributed by atoms with E-state index in [1.807, 2.05) is 25.7 Å². The van der Waals surface area contributed by atoms with E-state index in [4.69, 9.17) is 14.2 Å². The summed E-state index contributed by atoms with van der Waals surface area (Å²) in [6, 6.07) is 4.47. The largest absolute Gasteiger partial charge is 0.486 e. The van der Waals surface area contributed by atoms with Gasteiger partial charge < -0.3 is 24.8 Å². The van der Waals surface area contributed by atoms with Gasteiger partial charge in [0.15, 0.2) is 11.5 Å². The number of hydrogen-bond donors (Lipinski definition) is 3. The summed E-state index contributed by atoms with van der Waals surface area (Å²) in [5.74, 6) is 1.15. The summed E-state index contributed by atoms with van der Waals surface area (Å²) in [6.07, 6.45) is 1.29. The van der Waals surface area contributed by atoms with Gasteiger partial charge in [0.05, 0.1) is 6.54 Å². The number of carbonyl (C=O) groups excluding carboxylic acids is 3. The van der Waals surface area contributed by atoms with Gasteiger partial charge in [0.2, 0.25) is 5.91 Å². The number of anilines is 1. The monoisotopic (exact) mass is 448 g/mol. The minimum atomic E-state index is -0.594. The van der Waals surface area contributed by atoms with Crippen LogP contribution in [0.3, 0.4) is 0 Å². The van der Waals surface area contributed by atoms with Crippen LogP contribution in [-0.4, -0.2) is 67.9 Å². The van der Waals surface area contributed by atoms with Crippen molar-refractivity contribution in [2.75, 3.05) is 44.7 Å². The maximum absolute atomic E-state index is 12.2. The van der Waals surface area contributed by atoms with Crippen LogP contribution in [0.15, 0.2) is 18.2 Å². The van der Waals surface area contributed by atoms with Gasteiger partial charge in [0, 0.05) is 18.3 Å². The summed E-state index contributed by atoms with van der Waals surface area (Å²) in [5.41, 5.74) is -0.00675. The van der Waals surface area contributed by atoms with Gasteiger partial charge in [-0.15, -0.1) is 0 Å². The van der Waals surface area contributed by atoms with Crippen molar-refractivity contribution in [1.29, 1.82) is 0 Å².